The van der Waals surface area contributed by atoms with Crippen LogP contribution in [0.25, 0.3) is 0 Å². The molecule has 1 N–H and O–H groups in total. The minimum absolute atomic E-state index is 0.0151. The second-order valence-electron chi connectivity index (χ2n) is 7.75. The summed E-state index contributed by atoms with van der Waals surface area (Å²) in [5.41, 5.74) is -0.302. The van der Waals surface area contributed by atoms with E-state index < -0.39 is 11.7 Å². The number of nitrogens with zero attached hydrogens (tertiary/aromatic N) is 5. The number of carbonyl (C=O) groups is 1. The molecule has 164 valence electrons. The Kier molecular flexibility index (Phi) is 7.06. The Hall–Kier alpha value is -2.49. The van der Waals surface area contributed by atoms with Crippen LogP contribution in [0.4, 0.5) is 13.2 Å². The Bertz CT molecular complexity index is 822. The molecule has 0 spiro atoms. The molecule has 7 nitrogen and oxygen atoms in total. The number of tetrazole rings is 1. The molecule has 1 aliphatic heterocycles. The van der Waals surface area contributed by atoms with E-state index in [0.29, 0.717) is 24.4 Å². The van der Waals surface area contributed by atoms with Gasteiger partial charge in [0.25, 0.3) is 0 Å². The van der Waals surface area contributed by atoms with Gasteiger partial charge in [-0.1, -0.05) is 38.8 Å². The van der Waals surface area contributed by atoms with Crippen LogP contribution in [0.5, 0.6) is 0 Å². The maximum absolute atomic E-state index is 12.9. The molecule has 1 aromatic heterocycles. The third-order valence-electron chi connectivity index (χ3n) is 5.79. The molecule has 10 heteroatoms. The van der Waals surface area contributed by atoms with Crippen LogP contribution in [-0.4, -0.2) is 50.1 Å². The molecule has 3 rings (SSSR count). The fourth-order valence-electron chi connectivity index (χ4n) is 3.92. The third kappa shape index (κ3) is 5.35. The number of alkyl halides is 3. The molecule has 0 bridgehead atoms. The minimum Gasteiger partial charge on any atom is -0.351 e. The SMILES string of the molecule is CCC(CC)CN1C[C@H](n2cnnn2)C[C@H]1C(=O)NCc1cccc(C(F)(F)F)c1. The van der Waals surface area contributed by atoms with E-state index in [1.165, 1.54) is 6.07 Å². The molecule has 1 aliphatic rings. The van der Waals surface area contributed by atoms with Crippen LogP contribution < -0.4 is 5.32 Å². The number of hydrogen-bond donors (Lipinski definition) is 1. The van der Waals surface area contributed by atoms with E-state index in [-0.39, 0.29) is 24.5 Å². The summed E-state index contributed by atoms with van der Waals surface area (Å²) in [6.45, 7) is 5.75. The van der Waals surface area contributed by atoms with Gasteiger partial charge in [0.05, 0.1) is 17.6 Å². The van der Waals surface area contributed by atoms with Crippen molar-refractivity contribution in [2.45, 2.75) is 57.9 Å². The number of hydrogen-bond acceptors (Lipinski definition) is 5. The summed E-state index contributed by atoms with van der Waals surface area (Å²) in [6.07, 6.45) is -0.276. The number of halogens is 3. The molecule has 1 amide bonds. The molecule has 0 radical (unpaired) electrons. The minimum atomic E-state index is -4.41. The lowest BCUT2D eigenvalue weighted by atomic mass is 10.0. The number of likely N-dealkylation sites (tertiary alicyclic amines) is 1. The Morgan fingerprint density at radius 2 is 2.07 bits per heavy atom. The van der Waals surface area contributed by atoms with Gasteiger partial charge < -0.3 is 5.32 Å². The normalized spacial score (nSPS) is 20.1. The second kappa shape index (κ2) is 9.55. The summed E-state index contributed by atoms with van der Waals surface area (Å²) in [5.74, 6) is 0.283. The van der Waals surface area contributed by atoms with Gasteiger partial charge in [-0.3, -0.25) is 9.69 Å². The van der Waals surface area contributed by atoms with Crippen molar-refractivity contribution in [2.24, 2.45) is 5.92 Å². The molecule has 2 aromatic rings. The van der Waals surface area contributed by atoms with Gasteiger partial charge in [-0.05, 0) is 40.5 Å². The maximum atomic E-state index is 12.9. The molecule has 1 aromatic carbocycles. The maximum Gasteiger partial charge on any atom is 0.416 e. The molecule has 30 heavy (non-hydrogen) atoms. The summed E-state index contributed by atoms with van der Waals surface area (Å²) in [6, 6.07) is 4.64. The highest BCUT2D eigenvalue weighted by Gasteiger charge is 2.38. The lowest BCUT2D eigenvalue weighted by molar-refractivity contribution is -0.137. The highest BCUT2D eigenvalue weighted by molar-refractivity contribution is 5.82. The zero-order chi connectivity index (χ0) is 21.7. The number of aromatic nitrogens is 4. The Labute approximate surface area is 173 Å². The number of benzene rings is 1. The zero-order valence-electron chi connectivity index (χ0n) is 17.1. The first-order valence-electron chi connectivity index (χ1n) is 10.2. The smallest absolute Gasteiger partial charge is 0.351 e. The monoisotopic (exact) mass is 424 g/mol. The lowest BCUT2D eigenvalue weighted by Gasteiger charge is -2.27. The van der Waals surface area contributed by atoms with E-state index in [9.17, 15) is 18.0 Å². The molecule has 1 saturated heterocycles. The largest absolute Gasteiger partial charge is 0.416 e. The van der Waals surface area contributed by atoms with Crippen LogP contribution >= 0.6 is 0 Å². The average Bonchev–Trinajstić information content (AvgIpc) is 3.39. The van der Waals surface area contributed by atoms with E-state index in [0.717, 1.165) is 31.5 Å². The summed E-state index contributed by atoms with van der Waals surface area (Å²) in [4.78, 5) is 15.1. The summed E-state index contributed by atoms with van der Waals surface area (Å²) in [5, 5.41) is 14.1. The zero-order valence-corrected chi connectivity index (χ0v) is 17.1. The van der Waals surface area contributed by atoms with Crippen molar-refractivity contribution in [2.75, 3.05) is 13.1 Å². The van der Waals surface area contributed by atoms with E-state index in [2.05, 4.69) is 39.6 Å². The second-order valence-corrected chi connectivity index (χ2v) is 7.75. The molecular weight excluding hydrogens is 397 g/mol. The fraction of sp³-hybridized carbons (Fsp3) is 0.600. The summed E-state index contributed by atoms with van der Waals surface area (Å²) >= 11 is 0. The molecule has 1 fully saturated rings. The van der Waals surface area contributed by atoms with Crippen LogP contribution in [0.1, 0.15) is 50.3 Å². The molecule has 2 atom stereocenters. The summed E-state index contributed by atoms with van der Waals surface area (Å²) in [7, 11) is 0. The van der Waals surface area contributed by atoms with Crippen LogP contribution in [0, 0.1) is 5.92 Å². The van der Waals surface area contributed by atoms with E-state index >= 15 is 0 Å². The van der Waals surface area contributed by atoms with Crippen molar-refractivity contribution in [3.8, 4) is 0 Å². The van der Waals surface area contributed by atoms with E-state index in [4.69, 9.17) is 0 Å². The van der Waals surface area contributed by atoms with Gasteiger partial charge in [0, 0.05) is 19.6 Å². The Balaban J connectivity index is 1.68. The molecule has 2 heterocycles. The van der Waals surface area contributed by atoms with E-state index in [1.807, 2.05) is 0 Å². The Morgan fingerprint density at radius 1 is 1.30 bits per heavy atom. The van der Waals surface area contributed by atoms with Crippen LogP contribution in [0.3, 0.4) is 0 Å². The molecule has 0 unspecified atom stereocenters. The first-order chi connectivity index (χ1) is 14.3. The van der Waals surface area contributed by atoms with Crippen molar-refractivity contribution in [1.29, 1.82) is 0 Å². The van der Waals surface area contributed by atoms with Gasteiger partial charge in [-0.2, -0.15) is 13.2 Å². The van der Waals surface area contributed by atoms with Crippen molar-refractivity contribution >= 4 is 5.91 Å². The van der Waals surface area contributed by atoms with Crippen LogP contribution in [0.15, 0.2) is 30.6 Å². The Morgan fingerprint density at radius 3 is 2.70 bits per heavy atom. The van der Waals surface area contributed by atoms with Gasteiger partial charge in [0.15, 0.2) is 0 Å². The van der Waals surface area contributed by atoms with Crippen molar-refractivity contribution in [3.05, 3.63) is 41.7 Å². The fourth-order valence-corrected chi connectivity index (χ4v) is 3.92. The van der Waals surface area contributed by atoms with Gasteiger partial charge in [0.1, 0.15) is 6.33 Å². The number of amides is 1. The van der Waals surface area contributed by atoms with Crippen molar-refractivity contribution in [3.63, 3.8) is 0 Å². The molecule has 0 aliphatic carbocycles. The van der Waals surface area contributed by atoms with Gasteiger partial charge >= 0.3 is 6.18 Å². The summed E-state index contributed by atoms with van der Waals surface area (Å²) < 4.78 is 40.4. The predicted octanol–water partition coefficient (Wildman–Crippen LogP) is 3.06. The number of carbonyl (C=O) groups excluding carboxylic acids is 1. The topological polar surface area (TPSA) is 75.9 Å². The van der Waals surface area contributed by atoms with Gasteiger partial charge in [-0.25, -0.2) is 4.68 Å². The third-order valence-corrected chi connectivity index (χ3v) is 5.79. The predicted molar refractivity (Wildman–Crippen MR) is 104 cm³/mol. The lowest BCUT2D eigenvalue weighted by Crippen LogP contribution is -2.44. The number of nitrogens with one attached hydrogen (secondary N) is 1. The molecular formula is C20H27F3N6O. The van der Waals surface area contributed by atoms with Gasteiger partial charge in [-0.15, -0.1) is 5.10 Å². The van der Waals surface area contributed by atoms with E-state index in [1.54, 1.807) is 17.1 Å². The van der Waals surface area contributed by atoms with Crippen molar-refractivity contribution in [1.82, 2.24) is 30.4 Å². The first-order valence-corrected chi connectivity index (χ1v) is 10.2. The van der Waals surface area contributed by atoms with Crippen molar-refractivity contribution < 1.29 is 18.0 Å². The average molecular weight is 424 g/mol. The quantitative estimate of drug-likeness (QED) is 0.705. The highest BCUT2D eigenvalue weighted by atomic mass is 19.4. The van der Waals surface area contributed by atoms with Gasteiger partial charge in [0.2, 0.25) is 5.91 Å². The standard InChI is InChI=1S/C20H27F3N6O/c1-3-14(4-2)11-28-12-17(29-13-25-26-27-29)9-18(28)19(30)24-10-15-6-5-7-16(8-15)20(21,22)23/h5-8,13-14,17-18H,3-4,9-12H2,1-2H3,(H,24,30)/t17-,18+/m1/s1. The number of rotatable bonds is 8. The first kappa shape index (κ1) is 22.2. The highest BCUT2D eigenvalue weighted by Crippen LogP contribution is 2.30. The van der Waals surface area contributed by atoms with Crippen LogP contribution in [0.2, 0.25) is 0 Å². The van der Waals surface area contributed by atoms with Crippen LogP contribution in [-0.2, 0) is 17.5 Å². The molecule has 0 saturated carbocycles.